The molecule has 2 unspecified atom stereocenters. The highest BCUT2D eigenvalue weighted by atomic mass is 32.2. The van der Waals surface area contributed by atoms with Gasteiger partial charge in [-0.3, -0.25) is 0 Å². The summed E-state index contributed by atoms with van der Waals surface area (Å²) in [6, 6.07) is 0. The first-order valence-corrected chi connectivity index (χ1v) is 8.09. The molecule has 2 atom stereocenters. The van der Waals surface area contributed by atoms with E-state index in [1.54, 1.807) is 0 Å². The minimum Gasteiger partial charge on any atom is -0.374 e. The summed E-state index contributed by atoms with van der Waals surface area (Å²) < 4.78 is 6.03. The van der Waals surface area contributed by atoms with E-state index in [1.807, 2.05) is 0 Å². The third kappa shape index (κ3) is 4.01. The molecular formula is C14H25NOS. The molecule has 2 rings (SSSR count). The second-order valence-electron chi connectivity index (χ2n) is 5.16. The van der Waals surface area contributed by atoms with Crippen LogP contribution < -0.4 is 5.32 Å². The summed E-state index contributed by atoms with van der Waals surface area (Å²) in [6.07, 6.45) is 9.67. The van der Waals surface area contributed by atoms with Crippen LogP contribution in [0.1, 0.15) is 32.6 Å². The molecule has 0 saturated carbocycles. The summed E-state index contributed by atoms with van der Waals surface area (Å²) >= 11 is 2.06. The highest BCUT2D eigenvalue weighted by molar-refractivity contribution is 7.99. The van der Waals surface area contributed by atoms with Gasteiger partial charge in [0.1, 0.15) is 0 Å². The van der Waals surface area contributed by atoms with Crippen LogP contribution in [-0.2, 0) is 4.74 Å². The molecule has 2 heterocycles. The average molecular weight is 255 g/mol. The van der Waals surface area contributed by atoms with Crippen molar-refractivity contribution >= 4 is 11.8 Å². The molecule has 0 aliphatic carbocycles. The smallest absolute Gasteiger partial charge is 0.0785 e. The Balaban J connectivity index is 1.73. The van der Waals surface area contributed by atoms with Gasteiger partial charge in [-0.05, 0) is 50.4 Å². The van der Waals surface area contributed by atoms with Crippen molar-refractivity contribution in [2.75, 3.05) is 31.2 Å². The van der Waals surface area contributed by atoms with Crippen molar-refractivity contribution in [3.63, 3.8) is 0 Å². The van der Waals surface area contributed by atoms with Crippen LogP contribution in [0, 0.1) is 5.92 Å². The van der Waals surface area contributed by atoms with Crippen molar-refractivity contribution in [3.8, 4) is 0 Å². The second-order valence-corrected chi connectivity index (χ2v) is 6.26. The molecule has 2 fully saturated rings. The maximum Gasteiger partial charge on any atom is 0.0785 e. The topological polar surface area (TPSA) is 21.3 Å². The highest BCUT2D eigenvalue weighted by Crippen LogP contribution is 2.40. The van der Waals surface area contributed by atoms with Crippen molar-refractivity contribution in [1.29, 1.82) is 0 Å². The van der Waals surface area contributed by atoms with E-state index in [-0.39, 0.29) is 5.60 Å². The first-order chi connectivity index (χ1) is 8.35. The van der Waals surface area contributed by atoms with Crippen LogP contribution in [0.2, 0.25) is 0 Å². The zero-order chi connectivity index (χ0) is 12.0. The van der Waals surface area contributed by atoms with Gasteiger partial charge >= 0.3 is 0 Å². The van der Waals surface area contributed by atoms with Gasteiger partial charge in [0.05, 0.1) is 5.60 Å². The molecule has 2 aliphatic heterocycles. The third-order valence-electron chi connectivity index (χ3n) is 3.74. The summed E-state index contributed by atoms with van der Waals surface area (Å²) in [6.45, 7) is 5.30. The number of rotatable bonds is 5. The number of thioether (sulfide) groups is 1. The van der Waals surface area contributed by atoms with E-state index in [0.717, 1.165) is 32.0 Å². The number of nitrogens with one attached hydrogen (secondary N) is 1. The fourth-order valence-corrected chi connectivity index (χ4v) is 4.12. The van der Waals surface area contributed by atoms with Crippen LogP contribution in [-0.4, -0.2) is 36.8 Å². The lowest BCUT2D eigenvalue weighted by Crippen LogP contribution is -2.39. The van der Waals surface area contributed by atoms with E-state index in [0.29, 0.717) is 0 Å². The summed E-state index contributed by atoms with van der Waals surface area (Å²) in [7, 11) is 0. The zero-order valence-electron chi connectivity index (χ0n) is 10.9. The predicted molar refractivity (Wildman–Crippen MR) is 75.6 cm³/mol. The Kier molecular flexibility index (Phi) is 5.39. The summed E-state index contributed by atoms with van der Waals surface area (Å²) in [5.41, 5.74) is 0.236. The van der Waals surface area contributed by atoms with Gasteiger partial charge in [0.25, 0.3) is 0 Å². The minimum atomic E-state index is 0.236. The third-order valence-corrected chi connectivity index (χ3v) is 4.97. The van der Waals surface area contributed by atoms with Crippen molar-refractivity contribution in [2.45, 2.75) is 38.2 Å². The van der Waals surface area contributed by atoms with Gasteiger partial charge in [0.15, 0.2) is 0 Å². The first-order valence-electron chi connectivity index (χ1n) is 6.94. The molecule has 3 heteroatoms. The molecule has 0 bridgehead atoms. The Morgan fingerprint density at radius 3 is 3.24 bits per heavy atom. The van der Waals surface area contributed by atoms with Gasteiger partial charge in [0, 0.05) is 12.4 Å². The number of allylic oxidation sites excluding steroid dienone is 1. The maximum absolute atomic E-state index is 6.03. The lowest BCUT2D eigenvalue weighted by molar-refractivity contribution is -0.0718. The first kappa shape index (κ1) is 13.4. The summed E-state index contributed by atoms with van der Waals surface area (Å²) in [5.74, 6) is 3.26. The van der Waals surface area contributed by atoms with Crippen LogP contribution in [0.25, 0.3) is 0 Å². The van der Waals surface area contributed by atoms with Crippen LogP contribution >= 0.6 is 11.8 Å². The van der Waals surface area contributed by atoms with Crippen LogP contribution in [0.15, 0.2) is 12.2 Å². The van der Waals surface area contributed by atoms with Crippen LogP contribution in [0.4, 0.5) is 0 Å². The minimum absolute atomic E-state index is 0.236. The molecule has 0 aromatic rings. The monoisotopic (exact) mass is 255 g/mol. The quantitative estimate of drug-likeness (QED) is 0.603. The van der Waals surface area contributed by atoms with E-state index in [1.165, 1.54) is 30.8 Å². The normalized spacial score (nSPS) is 33.8. The lowest BCUT2D eigenvalue weighted by atomic mass is 9.85. The van der Waals surface area contributed by atoms with Gasteiger partial charge in [-0.1, -0.05) is 19.1 Å². The zero-order valence-corrected chi connectivity index (χ0v) is 11.7. The molecule has 0 amide bonds. The van der Waals surface area contributed by atoms with Crippen molar-refractivity contribution < 1.29 is 4.74 Å². The molecule has 2 aliphatic rings. The fourth-order valence-electron chi connectivity index (χ4n) is 2.74. The molecule has 1 N–H and O–H groups in total. The molecule has 0 aromatic heterocycles. The standard InChI is InChI=1S/C14H25NOS/c1-2-15-8-4-3-5-13-6-9-16-14(11-13)7-10-17-12-14/h3,5,13,15H,2,4,6-12H2,1H3. The lowest BCUT2D eigenvalue weighted by Gasteiger charge is -2.36. The Morgan fingerprint density at radius 2 is 2.47 bits per heavy atom. The van der Waals surface area contributed by atoms with E-state index in [9.17, 15) is 0 Å². The Hall–Kier alpha value is 0.01000. The number of ether oxygens (including phenoxy) is 1. The Morgan fingerprint density at radius 1 is 1.53 bits per heavy atom. The van der Waals surface area contributed by atoms with E-state index in [2.05, 4.69) is 36.2 Å². The Bertz CT molecular complexity index is 249. The van der Waals surface area contributed by atoms with Crippen molar-refractivity contribution in [2.24, 2.45) is 5.92 Å². The van der Waals surface area contributed by atoms with E-state index >= 15 is 0 Å². The molecule has 98 valence electrons. The van der Waals surface area contributed by atoms with Gasteiger partial charge < -0.3 is 10.1 Å². The fraction of sp³-hybridized carbons (Fsp3) is 0.857. The Labute approximate surface area is 110 Å². The molecule has 1 spiro atoms. The summed E-state index contributed by atoms with van der Waals surface area (Å²) in [4.78, 5) is 0. The molecule has 0 radical (unpaired) electrons. The van der Waals surface area contributed by atoms with Crippen LogP contribution in [0.5, 0.6) is 0 Å². The molecule has 2 saturated heterocycles. The average Bonchev–Trinajstić information content (AvgIpc) is 2.77. The van der Waals surface area contributed by atoms with E-state index in [4.69, 9.17) is 4.74 Å². The maximum atomic E-state index is 6.03. The van der Waals surface area contributed by atoms with Crippen LogP contribution in [0.3, 0.4) is 0 Å². The molecule has 17 heavy (non-hydrogen) atoms. The van der Waals surface area contributed by atoms with Gasteiger partial charge in [0.2, 0.25) is 0 Å². The number of hydrogen-bond donors (Lipinski definition) is 1. The SMILES string of the molecule is CCNCCC=CC1CCOC2(CCSC2)C1. The predicted octanol–water partition coefficient (Wildman–Crippen LogP) is 2.84. The van der Waals surface area contributed by atoms with E-state index < -0.39 is 0 Å². The van der Waals surface area contributed by atoms with Gasteiger partial charge in [-0.2, -0.15) is 11.8 Å². The van der Waals surface area contributed by atoms with Gasteiger partial charge in [-0.25, -0.2) is 0 Å². The molecule has 0 aromatic carbocycles. The molecule has 2 nitrogen and oxygen atoms in total. The van der Waals surface area contributed by atoms with Gasteiger partial charge in [-0.15, -0.1) is 0 Å². The van der Waals surface area contributed by atoms with Crippen molar-refractivity contribution in [1.82, 2.24) is 5.32 Å². The summed E-state index contributed by atoms with van der Waals surface area (Å²) in [5, 5.41) is 3.36. The number of hydrogen-bond acceptors (Lipinski definition) is 3. The highest BCUT2D eigenvalue weighted by Gasteiger charge is 2.39. The molecular weight excluding hydrogens is 230 g/mol. The largest absolute Gasteiger partial charge is 0.374 e. The van der Waals surface area contributed by atoms with Crippen molar-refractivity contribution in [3.05, 3.63) is 12.2 Å². The second kappa shape index (κ2) is 6.81.